The van der Waals surface area contributed by atoms with Gasteiger partial charge in [-0.15, -0.1) is 0 Å². The van der Waals surface area contributed by atoms with Gasteiger partial charge in [-0.3, -0.25) is 0 Å². The van der Waals surface area contributed by atoms with Crippen LogP contribution in [0.4, 0.5) is 0 Å². The van der Waals surface area contributed by atoms with Crippen LogP contribution in [0.5, 0.6) is 0 Å². The average molecular weight is 418 g/mol. The third kappa shape index (κ3) is 1.45. The third-order valence-corrected chi connectivity index (χ3v) is 8.07. The van der Waals surface area contributed by atoms with Crippen LogP contribution in [-0.2, 0) is 47.9 Å². The highest BCUT2D eigenvalue weighted by Gasteiger charge is 3.03. The fraction of sp³-hybridized carbons (Fsp3) is 0.500. The van der Waals surface area contributed by atoms with Crippen molar-refractivity contribution in [3.05, 3.63) is 0 Å². The quantitative estimate of drug-likeness (QED) is 0.279. The highest BCUT2D eigenvalue weighted by Crippen LogP contribution is 2.94. The summed E-state index contributed by atoms with van der Waals surface area (Å²) >= 11 is 0. The van der Waals surface area contributed by atoms with Crippen LogP contribution in [0.25, 0.3) is 0 Å². The van der Waals surface area contributed by atoms with E-state index in [2.05, 4.69) is 0 Å². The third-order valence-electron chi connectivity index (χ3n) is 8.07. The number of fused-ring (bicyclic) bond motifs is 1. The van der Waals surface area contributed by atoms with Crippen LogP contribution >= 0.6 is 0 Å². The lowest BCUT2D eigenvalue weighted by atomic mass is 9.34. The standard InChI is InChI=1S/C20H18O10/c1-14(2)19(12-29)17(8-25,9-26)15(5-22,3-4-21)16(6-23,7-24)18(10-27,11-28)20(14,19)13-30/h4-13H,3H2,1-2H3. The Morgan fingerprint density at radius 3 is 1.10 bits per heavy atom. The fourth-order valence-electron chi connectivity index (χ4n) is 6.67. The molecule has 3 atom stereocenters. The van der Waals surface area contributed by atoms with Crippen LogP contribution in [-0.4, -0.2) is 62.9 Å². The second-order valence-corrected chi connectivity index (χ2v) is 8.25. The van der Waals surface area contributed by atoms with Crippen molar-refractivity contribution in [1.29, 1.82) is 0 Å². The van der Waals surface area contributed by atoms with E-state index in [0.717, 1.165) is 0 Å². The Morgan fingerprint density at radius 1 is 0.467 bits per heavy atom. The van der Waals surface area contributed by atoms with Gasteiger partial charge in [-0.25, -0.2) is 0 Å². The minimum absolute atomic E-state index is 0.00846. The monoisotopic (exact) mass is 418 g/mol. The Labute approximate surface area is 169 Å². The first-order chi connectivity index (χ1) is 14.1. The number of aldehydes is 10. The second kappa shape index (κ2) is 6.35. The first-order valence-electron chi connectivity index (χ1n) is 8.72. The summed E-state index contributed by atoms with van der Waals surface area (Å²) in [5, 5.41) is 0. The van der Waals surface area contributed by atoms with Gasteiger partial charge >= 0.3 is 0 Å². The SMILES string of the molecule is CC1(C)C2(C=O)C(C=O)(C=O)C(C=O)(C=O)C(C=O)(CC=O)C(C=O)(C=O)C12C=O. The average Bonchev–Trinajstić information content (AvgIpc) is 3.23. The van der Waals surface area contributed by atoms with Crippen LogP contribution in [0, 0.1) is 37.9 Å². The molecule has 2 saturated carbocycles. The van der Waals surface area contributed by atoms with Crippen molar-refractivity contribution in [3.8, 4) is 0 Å². The van der Waals surface area contributed by atoms with Crippen LogP contribution in [0.1, 0.15) is 20.3 Å². The maximum Gasteiger partial charge on any atom is 0.135 e. The molecule has 10 nitrogen and oxygen atoms in total. The first kappa shape index (κ1) is 23.0. The van der Waals surface area contributed by atoms with Crippen molar-refractivity contribution >= 4 is 62.9 Å². The summed E-state index contributed by atoms with van der Waals surface area (Å²) in [6.07, 6.45) is -2.63. The van der Waals surface area contributed by atoms with Gasteiger partial charge < -0.3 is 47.9 Å². The Morgan fingerprint density at radius 2 is 0.833 bits per heavy atom. The second-order valence-electron chi connectivity index (χ2n) is 8.25. The lowest BCUT2D eigenvalue weighted by Gasteiger charge is -2.60. The number of rotatable bonds is 11. The van der Waals surface area contributed by atoms with Crippen LogP contribution < -0.4 is 0 Å². The van der Waals surface area contributed by atoms with Gasteiger partial charge in [0.15, 0.2) is 0 Å². The zero-order valence-electron chi connectivity index (χ0n) is 16.1. The molecule has 0 heterocycles. The topological polar surface area (TPSA) is 171 Å². The minimum atomic E-state index is -3.12. The van der Waals surface area contributed by atoms with Crippen LogP contribution in [0.2, 0.25) is 0 Å². The molecule has 2 fully saturated rings. The summed E-state index contributed by atoms with van der Waals surface area (Å²) in [4.78, 5) is 123. The maximum absolute atomic E-state index is 12.5. The highest BCUT2D eigenvalue weighted by molar-refractivity contribution is 6.16. The van der Waals surface area contributed by atoms with E-state index in [1.54, 1.807) is 0 Å². The van der Waals surface area contributed by atoms with E-state index in [1.165, 1.54) is 13.8 Å². The van der Waals surface area contributed by atoms with Gasteiger partial charge in [0.05, 0.1) is 16.2 Å². The molecule has 0 aliphatic heterocycles. The highest BCUT2D eigenvalue weighted by atomic mass is 16.2. The molecule has 0 bridgehead atoms. The number of carbonyl (C=O) groups excluding carboxylic acids is 10. The summed E-state index contributed by atoms with van der Waals surface area (Å²) in [6.45, 7) is 2.36. The van der Waals surface area contributed by atoms with Gasteiger partial charge in [-0.2, -0.15) is 0 Å². The maximum atomic E-state index is 12.5. The molecule has 2 rings (SSSR count). The van der Waals surface area contributed by atoms with E-state index in [0.29, 0.717) is 0 Å². The zero-order chi connectivity index (χ0) is 23.3. The summed E-state index contributed by atoms with van der Waals surface area (Å²) in [5.74, 6) is 0. The van der Waals surface area contributed by atoms with Crippen molar-refractivity contribution < 1.29 is 47.9 Å². The summed E-state index contributed by atoms with van der Waals surface area (Å²) in [5.41, 5.74) is -18.7. The molecule has 0 spiro atoms. The van der Waals surface area contributed by atoms with Crippen molar-refractivity contribution in [2.45, 2.75) is 20.3 Å². The molecule has 0 N–H and O–H groups in total. The molecule has 30 heavy (non-hydrogen) atoms. The van der Waals surface area contributed by atoms with E-state index in [9.17, 15) is 47.9 Å². The molecule has 2 aliphatic carbocycles. The van der Waals surface area contributed by atoms with Crippen molar-refractivity contribution in [3.63, 3.8) is 0 Å². The van der Waals surface area contributed by atoms with Gasteiger partial charge in [0.1, 0.15) is 79.1 Å². The molecule has 0 aromatic rings. The Hall–Kier alpha value is -3.30. The predicted molar refractivity (Wildman–Crippen MR) is 93.6 cm³/mol. The molecule has 0 aromatic carbocycles. The van der Waals surface area contributed by atoms with Gasteiger partial charge in [0, 0.05) is 6.42 Å². The summed E-state index contributed by atoms with van der Waals surface area (Å²) in [7, 11) is 0. The molecule has 0 radical (unpaired) electrons. The number of carbonyl (C=O) groups is 10. The van der Waals surface area contributed by atoms with Crippen LogP contribution in [0.3, 0.4) is 0 Å². The lowest BCUT2D eigenvalue weighted by molar-refractivity contribution is -0.204. The van der Waals surface area contributed by atoms with E-state index in [4.69, 9.17) is 0 Å². The minimum Gasteiger partial charge on any atom is -0.303 e. The smallest absolute Gasteiger partial charge is 0.135 e. The molecule has 158 valence electrons. The molecular weight excluding hydrogens is 400 g/mol. The van der Waals surface area contributed by atoms with E-state index in [-0.39, 0.29) is 62.9 Å². The van der Waals surface area contributed by atoms with Crippen molar-refractivity contribution in [1.82, 2.24) is 0 Å². The molecular formula is C20H18O10. The van der Waals surface area contributed by atoms with Gasteiger partial charge in [0.25, 0.3) is 0 Å². The zero-order valence-corrected chi connectivity index (χ0v) is 16.1. The van der Waals surface area contributed by atoms with Gasteiger partial charge in [-0.1, -0.05) is 13.8 Å². The summed E-state index contributed by atoms with van der Waals surface area (Å²) in [6, 6.07) is 0. The number of hydrogen-bond acceptors (Lipinski definition) is 10. The molecule has 0 aromatic heterocycles. The summed E-state index contributed by atoms with van der Waals surface area (Å²) < 4.78 is 0. The van der Waals surface area contributed by atoms with Gasteiger partial charge in [-0.05, 0) is 5.41 Å². The lowest BCUT2D eigenvalue weighted by Crippen LogP contribution is -2.75. The van der Waals surface area contributed by atoms with E-state index >= 15 is 0 Å². The fourth-order valence-corrected chi connectivity index (χ4v) is 6.67. The Bertz CT molecular complexity index is 877. The molecule has 0 amide bonds. The van der Waals surface area contributed by atoms with Gasteiger partial charge in [0.2, 0.25) is 0 Å². The van der Waals surface area contributed by atoms with Crippen molar-refractivity contribution in [2.24, 2.45) is 37.9 Å². The molecule has 2 aliphatic rings. The van der Waals surface area contributed by atoms with Crippen LogP contribution in [0.15, 0.2) is 0 Å². The molecule has 10 heteroatoms. The predicted octanol–water partition coefficient (Wildman–Crippen LogP) is -1.66. The number of hydrogen-bond donors (Lipinski definition) is 0. The molecule has 3 unspecified atom stereocenters. The van der Waals surface area contributed by atoms with E-state index < -0.39 is 44.3 Å². The largest absolute Gasteiger partial charge is 0.303 e. The first-order valence-corrected chi connectivity index (χ1v) is 8.72. The Balaban J connectivity index is 3.46. The van der Waals surface area contributed by atoms with Crippen molar-refractivity contribution in [2.75, 3.05) is 0 Å². The normalized spacial score (nSPS) is 35.9. The molecule has 0 saturated heterocycles. The Kier molecular flexibility index (Phi) is 4.86. The van der Waals surface area contributed by atoms with E-state index in [1.807, 2.05) is 0 Å².